The standard InChI is InChI=1S/C22H26FN5O2/c1-14(29)25-16-7-9-17(10-8-16)26-22-24-13-19(23)21(27-22)15-4-2-5-18(12-15)28-11-3-6-20(28)30/h2,4-5,12-13,16-17H,3,6-11H2,1H3,(H,25,29)(H,24,26,27). The number of halogens is 1. The molecule has 2 aromatic rings. The van der Waals surface area contributed by atoms with Crippen LogP contribution in [0.25, 0.3) is 11.3 Å². The molecule has 1 aromatic heterocycles. The average molecular weight is 411 g/mol. The zero-order valence-corrected chi connectivity index (χ0v) is 17.0. The minimum atomic E-state index is -0.500. The van der Waals surface area contributed by atoms with Crippen molar-refractivity contribution in [2.45, 2.75) is 57.5 Å². The quantitative estimate of drug-likeness (QED) is 0.789. The van der Waals surface area contributed by atoms with Crippen LogP contribution >= 0.6 is 0 Å². The Hall–Kier alpha value is -3.03. The number of hydrogen-bond donors (Lipinski definition) is 2. The van der Waals surface area contributed by atoms with E-state index in [1.165, 1.54) is 13.1 Å². The van der Waals surface area contributed by atoms with Gasteiger partial charge in [0.2, 0.25) is 17.8 Å². The minimum absolute atomic E-state index is 0.00391. The number of aromatic nitrogens is 2. The molecule has 0 unspecified atom stereocenters. The van der Waals surface area contributed by atoms with Crippen molar-refractivity contribution in [3.8, 4) is 11.3 Å². The molecule has 0 radical (unpaired) electrons. The van der Waals surface area contributed by atoms with Crippen LogP contribution in [0, 0.1) is 5.82 Å². The van der Waals surface area contributed by atoms with Gasteiger partial charge >= 0.3 is 0 Å². The van der Waals surface area contributed by atoms with Gasteiger partial charge in [0.05, 0.1) is 6.20 Å². The Morgan fingerprint density at radius 3 is 2.67 bits per heavy atom. The highest BCUT2D eigenvalue weighted by atomic mass is 19.1. The second-order valence-electron chi connectivity index (χ2n) is 7.98. The summed E-state index contributed by atoms with van der Waals surface area (Å²) in [5.74, 6) is -0.0276. The summed E-state index contributed by atoms with van der Waals surface area (Å²) in [6.07, 6.45) is 6.10. The zero-order chi connectivity index (χ0) is 21.1. The maximum absolute atomic E-state index is 14.5. The Morgan fingerprint density at radius 1 is 1.20 bits per heavy atom. The number of carbonyl (C=O) groups is 2. The van der Waals surface area contributed by atoms with Crippen molar-refractivity contribution in [3.63, 3.8) is 0 Å². The molecule has 7 nitrogen and oxygen atoms in total. The molecule has 2 N–H and O–H groups in total. The minimum Gasteiger partial charge on any atom is -0.354 e. The first-order chi connectivity index (χ1) is 14.5. The van der Waals surface area contributed by atoms with E-state index in [9.17, 15) is 14.0 Å². The summed E-state index contributed by atoms with van der Waals surface area (Å²) < 4.78 is 14.5. The number of rotatable bonds is 5. The van der Waals surface area contributed by atoms with E-state index >= 15 is 0 Å². The maximum atomic E-state index is 14.5. The number of carbonyl (C=O) groups excluding carboxylic acids is 2. The lowest BCUT2D eigenvalue weighted by Crippen LogP contribution is -2.39. The van der Waals surface area contributed by atoms with Crippen molar-refractivity contribution >= 4 is 23.5 Å². The van der Waals surface area contributed by atoms with Gasteiger partial charge in [-0.1, -0.05) is 12.1 Å². The number of benzene rings is 1. The van der Waals surface area contributed by atoms with Crippen LogP contribution in [-0.2, 0) is 9.59 Å². The van der Waals surface area contributed by atoms with Crippen molar-refractivity contribution in [3.05, 3.63) is 36.3 Å². The van der Waals surface area contributed by atoms with Gasteiger partial charge in [0.25, 0.3) is 0 Å². The van der Waals surface area contributed by atoms with Gasteiger partial charge in [-0.25, -0.2) is 14.4 Å². The molecular weight excluding hydrogens is 385 g/mol. The lowest BCUT2D eigenvalue weighted by molar-refractivity contribution is -0.120. The summed E-state index contributed by atoms with van der Waals surface area (Å²) in [4.78, 5) is 33.5. The summed E-state index contributed by atoms with van der Waals surface area (Å²) in [6.45, 7) is 2.22. The van der Waals surface area contributed by atoms with Gasteiger partial charge < -0.3 is 15.5 Å². The molecule has 0 bridgehead atoms. The van der Waals surface area contributed by atoms with Crippen LogP contribution in [0.5, 0.6) is 0 Å². The highest BCUT2D eigenvalue weighted by Crippen LogP contribution is 2.29. The molecule has 8 heteroatoms. The van der Waals surface area contributed by atoms with Crippen molar-refractivity contribution in [1.82, 2.24) is 15.3 Å². The van der Waals surface area contributed by atoms with Crippen LogP contribution in [0.3, 0.4) is 0 Å². The maximum Gasteiger partial charge on any atom is 0.227 e. The van der Waals surface area contributed by atoms with Gasteiger partial charge in [-0.2, -0.15) is 0 Å². The number of nitrogens with one attached hydrogen (secondary N) is 2. The molecule has 0 spiro atoms. The van der Waals surface area contributed by atoms with Crippen LogP contribution in [0.2, 0.25) is 0 Å². The molecule has 2 aliphatic rings. The highest BCUT2D eigenvalue weighted by molar-refractivity contribution is 5.95. The SMILES string of the molecule is CC(=O)NC1CCC(Nc2ncc(F)c(-c3cccc(N4CCCC4=O)c3)n2)CC1. The van der Waals surface area contributed by atoms with Gasteiger partial charge in [-0.3, -0.25) is 9.59 Å². The number of hydrogen-bond acceptors (Lipinski definition) is 5. The van der Waals surface area contributed by atoms with E-state index < -0.39 is 5.82 Å². The molecule has 1 aliphatic carbocycles. The van der Waals surface area contributed by atoms with Gasteiger partial charge in [0, 0.05) is 43.2 Å². The topological polar surface area (TPSA) is 87.2 Å². The van der Waals surface area contributed by atoms with E-state index in [2.05, 4.69) is 20.6 Å². The van der Waals surface area contributed by atoms with Crippen molar-refractivity contribution < 1.29 is 14.0 Å². The van der Waals surface area contributed by atoms with Gasteiger partial charge in [0.15, 0.2) is 5.82 Å². The van der Waals surface area contributed by atoms with Crippen LogP contribution in [0.1, 0.15) is 45.4 Å². The van der Waals surface area contributed by atoms with E-state index in [4.69, 9.17) is 0 Å². The molecule has 158 valence electrons. The van der Waals surface area contributed by atoms with Crippen LogP contribution < -0.4 is 15.5 Å². The Balaban J connectivity index is 1.48. The van der Waals surface area contributed by atoms with E-state index in [0.29, 0.717) is 24.5 Å². The largest absolute Gasteiger partial charge is 0.354 e. The van der Waals surface area contributed by atoms with E-state index in [1.807, 2.05) is 12.1 Å². The summed E-state index contributed by atoms with van der Waals surface area (Å²) in [5, 5.41) is 6.26. The van der Waals surface area contributed by atoms with E-state index in [0.717, 1.165) is 37.8 Å². The molecular formula is C22H26FN5O2. The Bertz CT molecular complexity index is 943. The molecule has 2 amide bonds. The molecule has 2 heterocycles. The number of anilines is 2. The second-order valence-corrected chi connectivity index (χ2v) is 7.98. The Morgan fingerprint density at radius 2 is 1.97 bits per heavy atom. The first-order valence-electron chi connectivity index (χ1n) is 10.5. The normalized spacial score (nSPS) is 21.5. The molecule has 1 saturated heterocycles. The highest BCUT2D eigenvalue weighted by Gasteiger charge is 2.24. The summed E-state index contributed by atoms with van der Waals surface area (Å²) in [6, 6.07) is 7.66. The molecule has 1 aliphatic heterocycles. The molecule has 4 rings (SSSR count). The summed E-state index contributed by atoms with van der Waals surface area (Å²) in [5.41, 5.74) is 1.59. The molecule has 30 heavy (non-hydrogen) atoms. The Kier molecular flexibility index (Phi) is 5.92. The molecule has 2 fully saturated rings. The second kappa shape index (κ2) is 8.77. The lowest BCUT2D eigenvalue weighted by atomic mass is 9.91. The monoisotopic (exact) mass is 411 g/mol. The summed E-state index contributed by atoms with van der Waals surface area (Å²) in [7, 11) is 0. The summed E-state index contributed by atoms with van der Waals surface area (Å²) >= 11 is 0. The molecule has 1 saturated carbocycles. The van der Waals surface area contributed by atoms with E-state index in [1.54, 1.807) is 17.0 Å². The van der Waals surface area contributed by atoms with Crippen molar-refractivity contribution in [1.29, 1.82) is 0 Å². The van der Waals surface area contributed by atoms with Gasteiger partial charge in [-0.05, 0) is 44.2 Å². The first-order valence-corrected chi connectivity index (χ1v) is 10.5. The third-order valence-electron chi connectivity index (χ3n) is 5.72. The fourth-order valence-corrected chi connectivity index (χ4v) is 4.23. The van der Waals surface area contributed by atoms with Crippen LogP contribution in [0.15, 0.2) is 30.5 Å². The number of amides is 2. The third-order valence-corrected chi connectivity index (χ3v) is 5.72. The van der Waals surface area contributed by atoms with Crippen LogP contribution in [0.4, 0.5) is 16.0 Å². The van der Waals surface area contributed by atoms with Crippen molar-refractivity contribution in [2.24, 2.45) is 0 Å². The predicted octanol–water partition coefficient (Wildman–Crippen LogP) is 3.27. The number of nitrogens with zero attached hydrogens (tertiary/aromatic N) is 3. The Labute approximate surface area is 175 Å². The van der Waals surface area contributed by atoms with Gasteiger partial charge in [-0.15, -0.1) is 0 Å². The average Bonchev–Trinajstić information content (AvgIpc) is 3.16. The van der Waals surface area contributed by atoms with Crippen LogP contribution in [-0.4, -0.2) is 40.4 Å². The van der Waals surface area contributed by atoms with Crippen molar-refractivity contribution in [2.75, 3.05) is 16.8 Å². The predicted molar refractivity (Wildman–Crippen MR) is 112 cm³/mol. The fraction of sp³-hybridized carbons (Fsp3) is 0.455. The first kappa shape index (κ1) is 20.3. The molecule has 0 atom stereocenters. The zero-order valence-electron chi connectivity index (χ0n) is 17.0. The van der Waals surface area contributed by atoms with Gasteiger partial charge in [0.1, 0.15) is 5.69 Å². The molecule has 1 aromatic carbocycles. The van der Waals surface area contributed by atoms with E-state index in [-0.39, 0.29) is 29.6 Å². The smallest absolute Gasteiger partial charge is 0.227 e. The fourth-order valence-electron chi connectivity index (χ4n) is 4.23. The third kappa shape index (κ3) is 4.58. The lowest BCUT2D eigenvalue weighted by Gasteiger charge is -2.29.